The molecule has 0 bridgehead atoms. The number of nitrogens with zero attached hydrogens (tertiary/aromatic N) is 4. The van der Waals surface area contributed by atoms with Crippen molar-refractivity contribution >= 4 is 17.5 Å². The van der Waals surface area contributed by atoms with Crippen molar-refractivity contribution in [2.45, 2.75) is 6.10 Å². The molecule has 1 aromatic heterocycles. The molecule has 2 heterocycles. The van der Waals surface area contributed by atoms with E-state index < -0.39 is 5.82 Å². The number of amides is 1. The lowest BCUT2D eigenvalue weighted by atomic mass is 10.1. The number of halogens is 2. The first-order valence-corrected chi connectivity index (χ1v) is 7.14. The third-order valence-corrected chi connectivity index (χ3v) is 3.89. The quantitative estimate of drug-likeness (QED) is 0.845. The Kier molecular flexibility index (Phi) is 4.08. The smallest absolute Gasteiger partial charge is 0.273 e. The first-order chi connectivity index (χ1) is 10.6. The molecule has 0 N–H and O–H groups in total. The van der Waals surface area contributed by atoms with Gasteiger partial charge in [0, 0.05) is 13.6 Å². The predicted molar refractivity (Wildman–Crippen MR) is 77.0 cm³/mol. The highest BCUT2D eigenvalue weighted by molar-refractivity contribution is 6.30. The zero-order valence-electron chi connectivity index (χ0n) is 11.9. The van der Waals surface area contributed by atoms with Gasteiger partial charge in [0.2, 0.25) is 0 Å². The number of rotatable bonds is 2. The van der Waals surface area contributed by atoms with E-state index in [-0.39, 0.29) is 17.0 Å². The van der Waals surface area contributed by atoms with Crippen LogP contribution >= 0.6 is 11.6 Å². The van der Waals surface area contributed by atoms with Crippen LogP contribution in [0.15, 0.2) is 24.4 Å². The highest BCUT2D eigenvalue weighted by atomic mass is 35.5. The second-order valence-corrected chi connectivity index (χ2v) is 5.43. The summed E-state index contributed by atoms with van der Waals surface area (Å²) >= 11 is 5.80. The minimum atomic E-state index is -0.477. The first kappa shape index (κ1) is 14.9. The summed E-state index contributed by atoms with van der Waals surface area (Å²) < 4.78 is 20.4. The van der Waals surface area contributed by atoms with Gasteiger partial charge in [-0.15, -0.1) is 5.10 Å². The molecule has 0 aliphatic carbocycles. The van der Waals surface area contributed by atoms with Crippen molar-refractivity contribution in [2.24, 2.45) is 7.05 Å². The highest BCUT2D eigenvalue weighted by Gasteiger charge is 2.28. The van der Waals surface area contributed by atoms with Crippen LogP contribution in [0, 0.1) is 5.82 Å². The molecule has 8 heteroatoms. The van der Waals surface area contributed by atoms with Crippen LogP contribution in [0.5, 0.6) is 0 Å². The topological polar surface area (TPSA) is 60.2 Å². The lowest BCUT2D eigenvalue weighted by Crippen LogP contribution is -2.42. The number of ether oxygens (including phenoxy) is 1. The Balaban J connectivity index is 1.78. The number of benzene rings is 1. The van der Waals surface area contributed by atoms with Gasteiger partial charge in [-0.2, -0.15) is 0 Å². The number of aromatic nitrogens is 3. The van der Waals surface area contributed by atoms with Crippen LogP contribution in [-0.4, -0.2) is 45.5 Å². The lowest BCUT2D eigenvalue weighted by molar-refractivity contribution is -0.0232. The maximum atomic E-state index is 13.2. The summed E-state index contributed by atoms with van der Waals surface area (Å²) in [5.74, 6) is -0.635. The molecule has 0 spiro atoms. The number of morpholine rings is 1. The van der Waals surface area contributed by atoms with Crippen molar-refractivity contribution in [3.05, 3.63) is 46.5 Å². The van der Waals surface area contributed by atoms with Gasteiger partial charge in [-0.1, -0.05) is 22.9 Å². The van der Waals surface area contributed by atoms with Gasteiger partial charge in [0.05, 0.1) is 24.4 Å². The number of hydrogen-bond acceptors (Lipinski definition) is 4. The van der Waals surface area contributed by atoms with Gasteiger partial charge >= 0.3 is 0 Å². The molecule has 1 aliphatic heterocycles. The average molecular weight is 325 g/mol. The van der Waals surface area contributed by atoms with Crippen molar-refractivity contribution in [1.29, 1.82) is 0 Å². The normalized spacial score (nSPS) is 18.5. The standard InChI is InChI=1S/C14H14ClFN4O2/c1-19-12(7-17-18-19)14(21)20-4-5-22-13(8-20)9-2-3-11(16)10(15)6-9/h2-3,6-7,13H,4-5,8H2,1H3. The third-order valence-electron chi connectivity index (χ3n) is 3.60. The summed E-state index contributed by atoms with van der Waals surface area (Å²) in [6, 6.07) is 4.44. The molecule has 22 heavy (non-hydrogen) atoms. The zero-order chi connectivity index (χ0) is 15.7. The summed E-state index contributed by atoms with van der Waals surface area (Å²) in [7, 11) is 1.66. The molecule has 3 rings (SSSR count). The van der Waals surface area contributed by atoms with E-state index in [9.17, 15) is 9.18 Å². The van der Waals surface area contributed by atoms with Crippen LogP contribution in [0.1, 0.15) is 22.2 Å². The fourth-order valence-corrected chi connectivity index (χ4v) is 2.58. The van der Waals surface area contributed by atoms with Gasteiger partial charge in [0.1, 0.15) is 17.6 Å². The second kappa shape index (κ2) is 6.02. The SMILES string of the molecule is Cn1nncc1C(=O)N1CCOC(c2ccc(F)c(Cl)c2)C1. The van der Waals surface area contributed by atoms with E-state index in [1.165, 1.54) is 23.0 Å². The molecule has 1 unspecified atom stereocenters. The Morgan fingerprint density at radius 2 is 2.32 bits per heavy atom. The van der Waals surface area contributed by atoms with E-state index >= 15 is 0 Å². The van der Waals surface area contributed by atoms with E-state index in [1.807, 2.05) is 0 Å². The maximum absolute atomic E-state index is 13.2. The summed E-state index contributed by atoms with van der Waals surface area (Å²) in [6.07, 6.45) is 1.10. The second-order valence-electron chi connectivity index (χ2n) is 5.03. The van der Waals surface area contributed by atoms with E-state index in [1.54, 1.807) is 18.0 Å². The van der Waals surface area contributed by atoms with Gasteiger partial charge in [-0.05, 0) is 17.7 Å². The Morgan fingerprint density at radius 1 is 1.50 bits per heavy atom. The fourth-order valence-electron chi connectivity index (χ4n) is 2.39. The maximum Gasteiger partial charge on any atom is 0.273 e. The zero-order valence-corrected chi connectivity index (χ0v) is 12.6. The Morgan fingerprint density at radius 3 is 3.00 bits per heavy atom. The van der Waals surface area contributed by atoms with Crippen LogP contribution < -0.4 is 0 Å². The van der Waals surface area contributed by atoms with Crippen molar-refractivity contribution in [2.75, 3.05) is 19.7 Å². The van der Waals surface area contributed by atoms with Crippen LogP contribution in [-0.2, 0) is 11.8 Å². The van der Waals surface area contributed by atoms with E-state index in [0.29, 0.717) is 25.4 Å². The molecule has 116 valence electrons. The summed E-state index contributed by atoms with van der Waals surface area (Å²) in [5.41, 5.74) is 1.16. The van der Waals surface area contributed by atoms with Crippen molar-refractivity contribution in [3.63, 3.8) is 0 Å². The van der Waals surface area contributed by atoms with Gasteiger partial charge in [-0.25, -0.2) is 9.07 Å². The van der Waals surface area contributed by atoms with E-state index in [2.05, 4.69) is 10.3 Å². The molecular formula is C14H14ClFN4O2. The molecule has 2 aromatic rings. The van der Waals surface area contributed by atoms with E-state index in [4.69, 9.17) is 16.3 Å². The fraction of sp³-hybridized carbons (Fsp3) is 0.357. The Labute approximate surface area is 131 Å². The molecule has 1 amide bonds. The number of hydrogen-bond donors (Lipinski definition) is 0. The molecule has 1 atom stereocenters. The molecule has 1 fully saturated rings. The Hall–Kier alpha value is -1.99. The number of carbonyl (C=O) groups excluding carboxylic acids is 1. The van der Waals surface area contributed by atoms with Gasteiger partial charge < -0.3 is 9.64 Å². The minimum Gasteiger partial charge on any atom is -0.370 e. The van der Waals surface area contributed by atoms with Gasteiger partial charge in [-0.3, -0.25) is 4.79 Å². The van der Waals surface area contributed by atoms with Crippen LogP contribution in [0.2, 0.25) is 5.02 Å². The Bertz CT molecular complexity index is 706. The van der Waals surface area contributed by atoms with Gasteiger partial charge in [0.25, 0.3) is 5.91 Å². The minimum absolute atomic E-state index is 0.0420. The van der Waals surface area contributed by atoms with Crippen molar-refractivity contribution in [3.8, 4) is 0 Å². The van der Waals surface area contributed by atoms with Crippen LogP contribution in [0.3, 0.4) is 0 Å². The summed E-state index contributed by atoms with van der Waals surface area (Å²) in [5, 5.41) is 7.51. The molecular weight excluding hydrogens is 311 g/mol. The molecule has 0 radical (unpaired) electrons. The molecule has 1 aliphatic rings. The number of aryl methyl sites for hydroxylation is 1. The van der Waals surface area contributed by atoms with E-state index in [0.717, 1.165) is 5.56 Å². The summed E-state index contributed by atoms with van der Waals surface area (Å²) in [4.78, 5) is 14.1. The molecule has 1 aromatic carbocycles. The molecule has 0 saturated carbocycles. The van der Waals surface area contributed by atoms with Crippen LogP contribution in [0.25, 0.3) is 0 Å². The third kappa shape index (κ3) is 2.82. The lowest BCUT2D eigenvalue weighted by Gasteiger charge is -2.33. The summed E-state index contributed by atoms with van der Waals surface area (Å²) in [6.45, 7) is 1.25. The van der Waals surface area contributed by atoms with Crippen LogP contribution in [0.4, 0.5) is 4.39 Å². The van der Waals surface area contributed by atoms with Crippen molar-refractivity contribution < 1.29 is 13.9 Å². The van der Waals surface area contributed by atoms with Crippen molar-refractivity contribution in [1.82, 2.24) is 19.9 Å². The monoisotopic (exact) mass is 324 g/mol. The largest absolute Gasteiger partial charge is 0.370 e. The molecule has 1 saturated heterocycles. The average Bonchev–Trinajstić information content (AvgIpc) is 2.95. The first-order valence-electron chi connectivity index (χ1n) is 6.77. The number of carbonyl (C=O) groups is 1. The molecule has 6 nitrogen and oxygen atoms in total. The van der Waals surface area contributed by atoms with Gasteiger partial charge in [0.15, 0.2) is 0 Å². The highest BCUT2D eigenvalue weighted by Crippen LogP contribution is 2.26. The predicted octanol–water partition coefficient (Wildman–Crippen LogP) is 1.82.